The van der Waals surface area contributed by atoms with Gasteiger partial charge in [0.05, 0.1) is 37.4 Å². The van der Waals surface area contributed by atoms with Gasteiger partial charge in [-0.05, 0) is 49.2 Å². The molecule has 5 nitrogen and oxygen atoms in total. The smallest absolute Gasteiger partial charge is 0.258 e. The summed E-state index contributed by atoms with van der Waals surface area (Å²) in [6.07, 6.45) is 0. The van der Waals surface area contributed by atoms with Gasteiger partial charge in [0.25, 0.3) is 5.56 Å². The van der Waals surface area contributed by atoms with Crippen molar-refractivity contribution in [2.75, 3.05) is 20.8 Å². The van der Waals surface area contributed by atoms with E-state index in [0.717, 1.165) is 29.0 Å². The Bertz CT molecular complexity index is 1160. The zero-order valence-electron chi connectivity index (χ0n) is 17.4. The Morgan fingerprint density at radius 3 is 2.43 bits per heavy atom. The molecule has 1 aliphatic rings. The van der Waals surface area contributed by atoms with Crippen molar-refractivity contribution >= 4 is 10.8 Å². The molecule has 0 spiro atoms. The number of rotatable bonds is 4. The van der Waals surface area contributed by atoms with E-state index in [0.29, 0.717) is 17.7 Å². The van der Waals surface area contributed by atoms with Gasteiger partial charge in [0.2, 0.25) is 0 Å². The summed E-state index contributed by atoms with van der Waals surface area (Å²) in [6.45, 7) is 2.70. The highest BCUT2D eigenvalue weighted by molar-refractivity contribution is 5.86. The number of hydrogen-bond donors (Lipinski definition) is 0. The molecule has 158 valence electrons. The number of hydrogen-bond acceptors (Lipinski definition) is 4. The summed E-state index contributed by atoms with van der Waals surface area (Å²) in [7, 11) is 5.23. The fourth-order valence-electron chi connectivity index (χ4n) is 4.19. The van der Waals surface area contributed by atoms with E-state index in [9.17, 15) is 13.6 Å². The van der Waals surface area contributed by atoms with E-state index in [1.54, 1.807) is 14.2 Å². The lowest BCUT2D eigenvalue weighted by Crippen LogP contribution is -2.37. The second kappa shape index (κ2) is 7.81. The SMILES string of the molecule is COc1ccc([C@@H](C)N(C)C2COCc3c2c2cc(F)c(F)cc2c(=O)n3C)cc1. The lowest BCUT2D eigenvalue weighted by molar-refractivity contribution is 0.0253. The van der Waals surface area contributed by atoms with Crippen LogP contribution in [0.15, 0.2) is 41.2 Å². The molecule has 0 fully saturated rings. The van der Waals surface area contributed by atoms with Gasteiger partial charge in [-0.1, -0.05) is 12.1 Å². The molecule has 1 unspecified atom stereocenters. The Hall–Kier alpha value is -2.77. The van der Waals surface area contributed by atoms with Crippen LogP contribution in [0.2, 0.25) is 0 Å². The average molecular weight is 414 g/mol. The van der Waals surface area contributed by atoms with Crippen LogP contribution in [0.5, 0.6) is 5.75 Å². The van der Waals surface area contributed by atoms with E-state index >= 15 is 0 Å². The maximum Gasteiger partial charge on any atom is 0.258 e. The number of pyridine rings is 1. The molecule has 4 rings (SSSR count). The van der Waals surface area contributed by atoms with Gasteiger partial charge in [0.15, 0.2) is 11.6 Å². The minimum absolute atomic E-state index is 0.00744. The number of halogens is 2. The van der Waals surface area contributed by atoms with Crippen molar-refractivity contribution in [3.05, 3.63) is 75.2 Å². The van der Waals surface area contributed by atoms with Gasteiger partial charge in [-0.2, -0.15) is 0 Å². The Kier molecular flexibility index (Phi) is 5.34. The quantitative estimate of drug-likeness (QED) is 0.645. The lowest BCUT2D eigenvalue weighted by Gasteiger charge is -2.38. The predicted octanol–water partition coefficient (Wildman–Crippen LogP) is 4.09. The maximum absolute atomic E-state index is 14.1. The lowest BCUT2D eigenvalue weighted by atomic mass is 9.93. The summed E-state index contributed by atoms with van der Waals surface area (Å²) in [4.78, 5) is 14.9. The molecular formula is C23H24F2N2O3. The molecule has 0 N–H and O–H groups in total. The zero-order valence-corrected chi connectivity index (χ0v) is 17.4. The normalized spacial score (nSPS) is 17.2. The number of methoxy groups -OCH3 is 1. The van der Waals surface area contributed by atoms with E-state index in [1.165, 1.54) is 4.57 Å². The molecule has 0 saturated carbocycles. The molecule has 0 radical (unpaired) electrons. The van der Waals surface area contributed by atoms with Gasteiger partial charge in [-0.15, -0.1) is 0 Å². The largest absolute Gasteiger partial charge is 0.497 e. The van der Waals surface area contributed by atoms with Gasteiger partial charge in [0.1, 0.15) is 5.75 Å². The monoisotopic (exact) mass is 414 g/mol. The standard InChI is InChI=1S/C23H24F2N2O3/c1-13(14-5-7-15(29-4)8-6-14)26(2)20-11-30-12-21-22(20)16-9-18(24)19(25)10-17(16)23(28)27(21)3/h5-10,13,20H,11-12H2,1-4H3/t13-,20?/m1/s1. The highest BCUT2D eigenvalue weighted by Gasteiger charge is 2.32. The molecule has 3 aromatic rings. The van der Waals surface area contributed by atoms with Crippen molar-refractivity contribution in [3.63, 3.8) is 0 Å². The molecule has 1 aliphatic heterocycles. The minimum Gasteiger partial charge on any atom is -0.497 e. The highest BCUT2D eigenvalue weighted by Crippen LogP contribution is 2.38. The number of fused-ring (bicyclic) bond motifs is 3. The predicted molar refractivity (Wildman–Crippen MR) is 111 cm³/mol. The summed E-state index contributed by atoms with van der Waals surface area (Å²) < 4.78 is 40.5. The summed E-state index contributed by atoms with van der Waals surface area (Å²) in [6, 6.07) is 9.71. The van der Waals surface area contributed by atoms with Gasteiger partial charge >= 0.3 is 0 Å². The van der Waals surface area contributed by atoms with Gasteiger partial charge in [-0.25, -0.2) is 8.78 Å². The first-order valence-corrected chi connectivity index (χ1v) is 9.77. The van der Waals surface area contributed by atoms with Crippen LogP contribution in [0.1, 0.15) is 35.8 Å². The third kappa shape index (κ3) is 3.28. The molecule has 0 bridgehead atoms. The zero-order chi connectivity index (χ0) is 21.6. The van der Waals surface area contributed by atoms with Crippen molar-refractivity contribution in [1.29, 1.82) is 0 Å². The molecule has 7 heteroatoms. The number of likely N-dealkylation sites (N-methyl/N-ethyl adjacent to an activating group) is 1. The summed E-state index contributed by atoms with van der Waals surface area (Å²) in [5.74, 6) is -1.21. The molecule has 30 heavy (non-hydrogen) atoms. The molecule has 2 aromatic carbocycles. The number of benzene rings is 2. The van der Waals surface area contributed by atoms with E-state index < -0.39 is 11.6 Å². The van der Waals surface area contributed by atoms with Crippen LogP contribution in [0.3, 0.4) is 0 Å². The number of nitrogens with zero attached hydrogens (tertiary/aromatic N) is 2. The van der Waals surface area contributed by atoms with E-state index in [4.69, 9.17) is 9.47 Å². The third-order valence-electron chi connectivity index (χ3n) is 6.15. The molecule has 2 atom stereocenters. The number of ether oxygens (including phenoxy) is 2. The first-order chi connectivity index (χ1) is 14.3. The van der Waals surface area contributed by atoms with Gasteiger partial charge in [0, 0.05) is 18.7 Å². The Morgan fingerprint density at radius 2 is 1.80 bits per heavy atom. The van der Waals surface area contributed by atoms with Crippen LogP contribution in [0, 0.1) is 11.6 Å². The van der Waals surface area contributed by atoms with Crippen molar-refractivity contribution in [2.45, 2.75) is 25.6 Å². The number of aromatic nitrogens is 1. The molecule has 0 saturated heterocycles. The topological polar surface area (TPSA) is 43.7 Å². The first kappa shape index (κ1) is 20.5. The average Bonchev–Trinajstić information content (AvgIpc) is 2.77. The van der Waals surface area contributed by atoms with Crippen LogP contribution < -0.4 is 10.3 Å². The molecular weight excluding hydrogens is 390 g/mol. The summed E-state index contributed by atoms with van der Waals surface area (Å²) in [5, 5.41) is 0.613. The molecule has 1 aromatic heterocycles. The maximum atomic E-state index is 14.1. The van der Waals surface area contributed by atoms with Crippen LogP contribution in [-0.4, -0.2) is 30.2 Å². The Balaban J connectivity index is 1.84. The molecule has 0 amide bonds. The fourth-order valence-corrected chi connectivity index (χ4v) is 4.19. The molecule has 2 heterocycles. The summed E-state index contributed by atoms with van der Waals surface area (Å²) >= 11 is 0. The van der Waals surface area contributed by atoms with E-state index in [-0.39, 0.29) is 29.6 Å². The first-order valence-electron chi connectivity index (χ1n) is 9.77. The second-order valence-electron chi connectivity index (χ2n) is 7.68. The van der Waals surface area contributed by atoms with Crippen molar-refractivity contribution in [2.24, 2.45) is 7.05 Å². The van der Waals surface area contributed by atoms with Gasteiger partial charge in [-0.3, -0.25) is 9.69 Å². The van der Waals surface area contributed by atoms with Crippen LogP contribution >= 0.6 is 0 Å². The van der Waals surface area contributed by atoms with Crippen LogP contribution in [0.25, 0.3) is 10.8 Å². The second-order valence-corrected chi connectivity index (χ2v) is 7.68. The fraction of sp³-hybridized carbons (Fsp3) is 0.348. The Morgan fingerprint density at radius 1 is 1.17 bits per heavy atom. The Labute approximate surface area is 173 Å². The van der Waals surface area contributed by atoms with Crippen LogP contribution in [0.4, 0.5) is 8.78 Å². The third-order valence-corrected chi connectivity index (χ3v) is 6.15. The van der Waals surface area contributed by atoms with Crippen molar-refractivity contribution in [1.82, 2.24) is 9.47 Å². The minimum atomic E-state index is -1.02. The van der Waals surface area contributed by atoms with Crippen LogP contribution in [-0.2, 0) is 18.4 Å². The van der Waals surface area contributed by atoms with Gasteiger partial charge < -0.3 is 14.0 Å². The summed E-state index contributed by atoms with van der Waals surface area (Å²) in [5.41, 5.74) is 2.21. The van der Waals surface area contributed by atoms with E-state index in [2.05, 4.69) is 11.8 Å². The van der Waals surface area contributed by atoms with Crippen molar-refractivity contribution in [3.8, 4) is 5.75 Å². The highest BCUT2D eigenvalue weighted by atomic mass is 19.2. The molecule has 0 aliphatic carbocycles. The van der Waals surface area contributed by atoms with Crippen molar-refractivity contribution < 1.29 is 18.3 Å². The van der Waals surface area contributed by atoms with E-state index in [1.807, 2.05) is 31.3 Å².